The van der Waals surface area contributed by atoms with E-state index in [0.717, 1.165) is 0 Å². The van der Waals surface area contributed by atoms with Gasteiger partial charge in [0, 0.05) is 0 Å². The van der Waals surface area contributed by atoms with Crippen LogP contribution >= 0.6 is 0 Å². The second-order valence-corrected chi connectivity index (χ2v) is 4.49. The molecule has 0 unspecified atom stereocenters. The fraction of sp³-hybridized carbons (Fsp3) is 0.0667. The third kappa shape index (κ3) is 3.20. The topological polar surface area (TPSA) is 129 Å². The minimum absolute atomic E-state index is 1.28. The van der Waals surface area contributed by atoms with Crippen molar-refractivity contribution in [3.05, 3.63) is 46.1 Å². The Hall–Kier alpha value is -4.16. The maximum atomic E-state index is 13.2. The molecule has 0 N–H and O–H groups in total. The Morgan fingerprint density at radius 1 is 0.519 bits per heavy atom. The van der Waals surface area contributed by atoms with Crippen LogP contribution in [-0.2, 0) is 9.59 Å². The van der Waals surface area contributed by atoms with Gasteiger partial charge in [-0.05, 0) is 0 Å². The fourth-order valence-electron chi connectivity index (χ4n) is 1.62. The molecule has 0 fully saturated rings. The van der Waals surface area contributed by atoms with E-state index in [-0.39, 0.29) is 0 Å². The van der Waals surface area contributed by atoms with E-state index < -0.39 is 63.1 Å². The van der Waals surface area contributed by atoms with E-state index in [0.29, 0.717) is 0 Å². The molecule has 12 heteroatoms. The van der Waals surface area contributed by atoms with E-state index in [2.05, 4.69) is 0 Å². The molecule has 27 heavy (non-hydrogen) atoms. The zero-order chi connectivity index (χ0) is 21.1. The van der Waals surface area contributed by atoms with Gasteiger partial charge >= 0.3 is 5.41 Å². The molecule has 0 saturated carbocycles. The molecule has 6 nitrogen and oxygen atoms in total. The van der Waals surface area contributed by atoms with Crippen LogP contribution in [-0.4, -0.2) is 11.6 Å². The van der Waals surface area contributed by atoms with Crippen LogP contribution in [0, 0.1) is 50.7 Å². The zero-order valence-corrected chi connectivity index (χ0v) is 12.4. The van der Waals surface area contributed by atoms with Crippen LogP contribution < -0.4 is 0 Å². The standard InChI is InChI=1S/C10F6O2.C5N4/c11-3-1-2(6(14)10(18)7(3)15)4(12)8(16)9(17)5(1)13;6-1-5(2-7,3-8)4-9. The van der Waals surface area contributed by atoms with E-state index in [4.69, 9.17) is 21.0 Å². The van der Waals surface area contributed by atoms with E-state index in [1.165, 1.54) is 24.3 Å². The molecular weight excluding hydrogens is 382 g/mol. The molecule has 2 aliphatic rings. The number of nitrogens with zero attached hydrogens (tertiary/aromatic N) is 4. The van der Waals surface area contributed by atoms with Gasteiger partial charge in [0.25, 0.3) is 11.6 Å². The highest BCUT2D eigenvalue weighted by Crippen LogP contribution is 2.45. The van der Waals surface area contributed by atoms with Crippen molar-refractivity contribution in [2.24, 2.45) is 5.41 Å². The van der Waals surface area contributed by atoms with Gasteiger partial charge in [0.15, 0.2) is 23.3 Å². The third-order valence-electron chi connectivity index (χ3n) is 2.98. The molecular formula is C15F6N4O2. The maximum absolute atomic E-state index is 13.2. The highest BCUT2D eigenvalue weighted by molar-refractivity contribution is 6.14. The van der Waals surface area contributed by atoms with Crippen LogP contribution in [0.25, 0.3) is 0 Å². The van der Waals surface area contributed by atoms with Gasteiger partial charge in [-0.25, -0.2) is 17.6 Å². The van der Waals surface area contributed by atoms with E-state index in [9.17, 15) is 35.9 Å². The number of allylic oxidation sites excluding steroid dienone is 8. The average Bonchev–Trinajstić information content (AvgIpc) is 2.68. The number of nitriles is 4. The summed E-state index contributed by atoms with van der Waals surface area (Å²) in [6, 6.07) is 5.12. The molecule has 0 heterocycles. The Bertz CT molecular complexity index is 952. The molecule has 0 aliphatic heterocycles. The summed E-state index contributed by atoms with van der Waals surface area (Å²) in [7, 11) is 0. The Morgan fingerprint density at radius 2 is 0.778 bits per heavy atom. The number of fused-ring (bicyclic) bond motifs is 1. The lowest BCUT2D eigenvalue weighted by atomic mass is 9.89. The first-order valence-corrected chi connectivity index (χ1v) is 6.19. The molecule has 0 aromatic heterocycles. The van der Waals surface area contributed by atoms with Crippen molar-refractivity contribution in [1.82, 2.24) is 0 Å². The first-order valence-electron chi connectivity index (χ1n) is 6.19. The number of carbonyl (C=O) groups is 2. The van der Waals surface area contributed by atoms with Gasteiger partial charge in [-0.3, -0.25) is 9.59 Å². The Labute approximate surface area is 145 Å². The number of hydrogen-bond donors (Lipinski definition) is 0. The van der Waals surface area contributed by atoms with Gasteiger partial charge in [-0.15, -0.1) is 0 Å². The number of Topliss-reactive ketones (excluding diaryl/α,β-unsaturated/α-hetero) is 2. The quantitative estimate of drug-likeness (QED) is 0.592. The summed E-state index contributed by atoms with van der Waals surface area (Å²) in [5, 5.41) is 32.2. The van der Waals surface area contributed by atoms with Crippen molar-refractivity contribution in [3.8, 4) is 24.3 Å². The molecule has 0 spiro atoms. The summed E-state index contributed by atoms with van der Waals surface area (Å²) in [4.78, 5) is 21.6. The summed E-state index contributed by atoms with van der Waals surface area (Å²) >= 11 is 0. The molecule has 134 valence electrons. The summed E-state index contributed by atoms with van der Waals surface area (Å²) in [5.41, 5.74) is -5.57. The van der Waals surface area contributed by atoms with Crippen molar-refractivity contribution >= 4 is 11.6 Å². The largest absolute Gasteiger partial charge is 0.312 e. The van der Waals surface area contributed by atoms with Crippen molar-refractivity contribution in [2.75, 3.05) is 0 Å². The average molecular weight is 382 g/mol. The Morgan fingerprint density at radius 3 is 0.963 bits per heavy atom. The molecule has 0 bridgehead atoms. The summed E-state index contributed by atoms with van der Waals surface area (Å²) < 4.78 is 78.5. The highest BCUT2D eigenvalue weighted by Gasteiger charge is 2.44. The van der Waals surface area contributed by atoms with E-state index >= 15 is 0 Å². The zero-order valence-electron chi connectivity index (χ0n) is 12.4. The van der Waals surface area contributed by atoms with Crippen LogP contribution in [0.1, 0.15) is 0 Å². The van der Waals surface area contributed by atoms with Gasteiger partial charge in [0.1, 0.15) is 24.3 Å². The van der Waals surface area contributed by atoms with Crippen LogP contribution in [0.5, 0.6) is 0 Å². The molecule has 0 saturated heterocycles. The number of ketones is 2. The first kappa shape index (κ1) is 20.9. The predicted octanol–water partition coefficient (Wildman–Crippen LogP) is 2.97. The number of hydrogen-bond acceptors (Lipinski definition) is 6. The van der Waals surface area contributed by atoms with Crippen LogP contribution in [0.3, 0.4) is 0 Å². The van der Waals surface area contributed by atoms with Crippen molar-refractivity contribution in [2.45, 2.75) is 0 Å². The minimum atomic E-state index is -2.32. The third-order valence-corrected chi connectivity index (χ3v) is 2.98. The predicted molar refractivity (Wildman–Crippen MR) is 69.7 cm³/mol. The lowest BCUT2D eigenvalue weighted by molar-refractivity contribution is -0.116. The first-order chi connectivity index (χ1) is 12.5. The second kappa shape index (κ2) is 7.38. The Balaban J connectivity index is 0.000000345. The molecule has 0 radical (unpaired) electrons. The number of carbonyl (C=O) groups excluding carboxylic acids is 2. The molecule has 2 aliphatic carbocycles. The molecule has 0 aromatic rings. The normalized spacial score (nSPS) is 16.7. The van der Waals surface area contributed by atoms with Crippen molar-refractivity contribution < 1.29 is 35.9 Å². The number of rotatable bonds is 0. The smallest absolute Gasteiger partial charge is 0.283 e. The van der Waals surface area contributed by atoms with Crippen LogP contribution in [0.15, 0.2) is 46.1 Å². The minimum Gasteiger partial charge on any atom is -0.283 e. The molecule has 0 amide bonds. The maximum Gasteiger partial charge on any atom is 0.312 e. The van der Waals surface area contributed by atoms with Crippen LogP contribution in [0.4, 0.5) is 26.3 Å². The SMILES string of the molecule is N#CC(C#N)(C#N)C#N.O=C1C(F)=C(F)C2=C(F)C(=O)C(F)=C(F)C2=C1F. The van der Waals surface area contributed by atoms with E-state index in [1.807, 2.05) is 0 Å². The summed E-state index contributed by atoms with van der Waals surface area (Å²) in [6.07, 6.45) is 0. The van der Waals surface area contributed by atoms with Crippen molar-refractivity contribution in [1.29, 1.82) is 21.0 Å². The monoisotopic (exact) mass is 382 g/mol. The van der Waals surface area contributed by atoms with Gasteiger partial charge in [-0.2, -0.15) is 29.8 Å². The molecule has 2 rings (SSSR count). The van der Waals surface area contributed by atoms with Crippen molar-refractivity contribution in [3.63, 3.8) is 0 Å². The van der Waals surface area contributed by atoms with Gasteiger partial charge in [0.05, 0.1) is 11.1 Å². The summed E-state index contributed by atoms with van der Waals surface area (Å²) in [6.45, 7) is 0. The molecule has 0 aromatic carbocycles. The fourth-order valence-corrected chi connectivity index (χ4v) is 1.62. The lowest BCUT2D eigenvalue weighted by Crippen LogP contribution is -2.20. The summed E-state index contributed by atoms with van der Waals surface area (Å²) in [5.74, 6) is -17.9. The van der Waals surface area contributed by atoms with Gasteiger partial charge < -0.3 is 0 Å². The highest BCUT2D eigenvalue weighted by atomic mass is 19.2. The lowest BCUT2D eigenvalue weighted by Gasteiger charge is -2.19. The second-order valence-electron chi connectivity index (χ2n) is 4.49. The Kier molecular flexibility index (Phi) is 5.71. The van der Waals surface area contributed by atoms with Gasteiger partial charge in [-0.1, -0.05) is 0 Å². The van der Waals surface area contributed by atoms with E-state index in [1.54, 1.807) is 0 Å². The number of halogens is 6. The van der Waals surface area contributed by atoms with Crippen LogP contribution in [0.2, 0.25) is 0 Å². The molecule has 0 atom stereocenters. The van der Waals surface area contributed by atoms with Gasteiger partial charge in [0.2, 0.25) is 11.7 Å².